The van der Waals surface area contributed by atoms with E-state index >= 15 is 0 Å². The molecule has 2 aromatic carbocycles. The molecule has 1 aliphatic heterocycles. The molecule has 1 fully saturated rings. The first-order chi connectivity index (χ1) is 15.4. The van der Waals surface area contributed by atoms with Crippen LogP contribution in [-0.4, -0.2) is 33.9 Å². The van der Waals surface area contributed by atoms with E-state index in [1.54, 1.807) is 25.1 Å². The molecule has 1 atom stereocenters. The zero-order chi connectivity index (χ0) is 22.7. The van der Waals surface area contributed by atoms with Gasteiger partial charge in [0.15, 0.2) is 0 Å². The normalized spacial score (nSPS) is 16.1. The van der Waals surface area contributed by atoms with Crippen LogP contribution in [0.15, 0.2) is 53.3 Å². The molecule has 0 saturated carbocycles. The van der Waals surface area contributed by atoms with E-state index in [0.29, 0.717) is 11.3 Å². The molecule has 9 heteroatoms. The van der Waals surface area contributed by atoms with Crippen molar-refractivity contribution in [2.24, 2.45) is 0 Å². The number of fused-ring (bicyclic) bond motifs is 1. The number of benzene rings is 2. The predicted octanol–water partition coefficient (Wildman–Crippen LogP) is 1.84. The Morgan fingerprint density at radius 3 is 2.69 bits per heavy atom. The van der Waals surface area contributed by atoms with Gasteiger partial charge in [-0.2, -0.15) is 0 Å². The number of carbonyl (C=O) groups is 3. The molecule has 32 heavy (non-hydrogen) atoms. The number of imide groups is 1. The second-order valence-corrected chi connectivity index (χ2v) is 7.53. The third-order valence-corrected chi connectivity index (χ3v) is 5.25. The van der Waals surface area contributed by atoms with Crippen LogP contribution in [-0.2, 0) is 25.7 Å². The number of aromatic nitrogens is 2. The molecule has 164 valence electrons. The molecular weight excluding hydrogens is 412 g/mol. The largest absolute Gasteiger partial charge is 0.367 e. The summed E-state index contributed by atoms with van der Waals surface area (Å²) < 4.78 is 6.75. The van der Waals surface area contributed by atoms with Crippen molar-refractivity contribution in [2.45, 2.75) is 32.4 Å². The van der Waals surface area contributed by atoms with Gasteiger partial charge in [0.2, 0.25) is 17.7 Å². The van der Waals surface area contributed by atoms with Crippen molar-refractivity contribution < 1.29 is 19.1 Å². The Bertz CT molecular complexity index is 1250. The number of hydrogen-bond donors (Lipinski definition) is 2. The van der Waals surface area contributed by atoms with E-state index in [9.17, 15) is 19.2 Å². The highest BCUT2D eigenvalue weighted by Crippen LogP contribution is 2.23. The fourth-order valence-corrected chi connectivity index (χ4v) is 3.78. The Morgan fingerprint density at radius 1 is 1.16 bits per heavy atom. The van der Waals surface area contributed by atoms with Gasteiger partial charge in [0.1, 0.15) is 18.5 Å². The van der Waals surface area contributed by atoms with Gasteiger partial charge in [-0.05, 0) is 31.0 Å². The summed E-state index contributed by atoms with van der Waals surface area (Å²) in [5.41, 5.74) is 1.17. The SMILES string of the molecule is Cc1nc2cccc(NC(=O)COCc3ccccc3)c2c(=O)n1[C@@H]1CCC(=O)NC1=O. The molecule has 1 aromatic heterocycles. The third-order valence-electron chi connectivity index (χ3n) is 5.25. The van der Waals surface area contributed by atoms with Crippen molar-refractivity contribution in [2.75, 3.05) is 11.9 Å². The van der Waals surface area contributed by atoms with E-state index < -0.39 is 23.4 Å². The first kappa shape index (κ1) is 21.4. The van der Waals surface area contributed by atoms with Crippen LogP contribution in [0.2, 0.25) is 0 Å². The number of amides is 3. The Labute approximate surface area is 183 Å². The fraction of sp³-hybridized carbons (Fsp3) is 0.261. The highest BCUT2D eigenvalue weighted by molar-refractivity contribution is 6.02. The lowest BCUT2D eigenvalue weighted by molar-refractivity contribution is -0.135. The van der Waals surface area contributed by atoms with Gasteiger partial charge in [0.25, 0.3) is 5.56 Å². The number of nitrogens with zero attached hydrogens (tertiary/aromatic N) is 2. The van der Waals surface area contributed by atoms with Crippen LogP contribution in [0.25, 0.3) is 10.9 Å². The van der Waals surface area contributed by atoms with Gasteiger partial charge < -0.3 is 10.1 Å². The third kappa shape index (κ3) is 4.42. The van der Waals surface area contributed by atoms with Crippen molar-refractivity contribution >= 4 is 34.3 Å². The molecule has 0 spiro atoms. The molecule has 9 nitrogen and oxygen atoms in total. The van der Waals surface area contributed by atoms with Gasteiger partial charge >= 0.3 is 0 Å². The van der Waals surface area contributed by atoms with Crippen LogP contribution < -0.4 is 16.2 Å². The zero-order valence-electron chi connectivity index (χ0n) is 17.5. The molecule has 1 saturated heterocycles. The van der Waals surface area contributed by atoms with Gasteiger partial charge in [-0.15, -0.1) is 0 Å². The number of hydrogen-bond acceptors (Lipinski definition) is 6. The molecule has 3 aromatic rings. The number of carbonyl (C=O) groups excluding carboxylic acids is 3. The first-order valence-corrected chi connectivity index (χ1v) is 10.2. The zero-order valence-corrected chi connectivity index (χ0v) is 17.5. The lowest BCUT2D eigenvalue weighted by atomic mass is 10.1. The van der Waals surface area contributed by atoms with Crippen LogP contribution >= 0.6 is 0 Å². The fourth-order valence-electron chi connectivity index (χ4n) is 3.78. The standard InChI is InChI=1S/C23H22N4O5/c1-14-24-16-8-5-9-17(25-20(29)13-32-12-15-6-3-2-4-7-15)21(16)23(31)27(14)18-10-11-19(28)26-22(18)30/h2-9,18H,10-13H2,1H3,(H,25,29)(H,26,28,30)/t18-/m1/s1. The van der Waals surface area contributed by atoms with Crippen molar-refractivity contribution in [1.29, 1.82) is 0 Å². The van der Waals surface area contributed by atoms with Crippen LogP contribution in [0.3, 0.4) is 0 Å². The lowest BCUT2D eigenvalue weighted by Crippen LogP contribution is -2.45. The summed E-state index contributed by atoms with van der Waals surface area (Å²) in [6.45, 7) is 1.73. The van der Waals surface area contributed by atoms with Crippen LogP contribution in [0.5, 0.6) is 0 Å². The lowest BCUT2D eigenvalue weighted by Gasteiger charge is -2.24. The topological polar surface area (TPSA) is 119 Å². The number of piperidine rings is 1. The van der Waals surface area contributed by atoms with Gasteiger partial charge in [0, 0.05) is 6.42 Å². The minimum absolute atomic E-state index is 0.136. The Hall–Kier alpha value is -3.85. The molecule has 0 unspecified atom stereocenters. The summed E-state index contributed by atoms with van der Waals surface area (Å²) in [5.74, 6) is -0.967. The summed E-state index contributed by atoms with van der Waals surface area (Å²) in [4.78, 5) is 54.1. The number of ether oxygens (including phenoxy) is 1. The van der Waals surface area contributed by atoms with E-state index in [1.807, 2.05) is 30.3 Å². The van der Waals surface area contributed by atoms with E-state index in [0.717, 1.165) is 5.56 Å². The highest BCUT2D eigenvalue weighted by Gasteiger charge is 2.30. The second kappa shape index (κ2) is 9.11. The molecule has 3 amide bonds. The molecule has 4 rings (SSSR count). The molecule has 2 heterocycles. The van der Waals surface area contributed by atoms with Gasteiger partial charge in [-0.3, -0.25) is 29.1 Å². The average molecular weight is 434 g/mol. The molecule has 1 aliphatic rings. The van der Waals surface area contributed by atoms with Crippen LogP contribution in [0, 0.1) is 6.92 Å². The monoisotopic (exact) mass is 434 g/mol. The van der Waals surface area contributed by atoms with Crippen LogP contribution in [0.4, 0.5) is 5.69 Å². The average Bonchev–Trinajstić information content (AvgIpc) is 2.76. The van der Waals surface area contributed by atoms with Gasteiger partial charge in [0.05, 0.1) is 23.2 Å². The minimum Gasteiger partial charge on any atom is -0.367 e. The van der Waals surface area contributed by atoms with Crippen molar-refractivity contribution in [3.05, 3.63) is 70.3 Å². The smallest absolute Gasteiger partial charge is 0.264 e. The number of nitrogens with one attached hydrogen (secondary N) is 2. The van der Waals surface area contributed by atoms with E-state index in [4.69, 9.17) is 4.74 Å². The number of anilines is 1. The minimum atomic E-state index is -0.838. The van der Waals surface area contributed by atoms with Crippen molar-refractivity contribution in [3.8, 4) is 0 Å². The van der Waals surface area contributed by atoms with Crippen molar-refractivity contribution in [1.82, 2.24) is 14.9 Å². The first-order valence-electron chi connectivity index (χ1n) is 10.2. The Balaban J connectivity index is 1.58. The second-order valence-electron chi connectivity index (χ2n) is 7.53. The summed E-state index contributed by atoms with van der Waals surface area (Å²) in [5, 5.41) is 5.16. The number of rotatable bonds is 6. The van der Waals surface area contributed by atoms with Crippen molar-refractivity contribution in [3.63, 3.8) is 0 Å². The molecule has 0 aliphatic carbocycles. The summed E-state index contributed by atoms with van der Waals surface area (Å²) in [6.07, 6.45) is 0.345. The molecular formula is C23H22N4O5. The quantitative estimate of drug-likeness (QED) is 0.572. The van der Waals surface area contributed by atoms with Gasteiger partial charge in [-0.25, -0.2) is 4.98 Å². The maximum atomic E-state index is 13.4. The number of aryl methyl sites for hydroxylation is 1. The maximum Gasteiger partial charge on any atom is 0.264 e. The maximum absolute atomic E-state index is 13.4. The highest BCUT2D eigenvalue weighted by atomic mass is 16.5. The van der Waals surface area contributed by atoms with E-state index in [2.05, 4.69) is 15.6 Å². The Kier molecular flexibility index (Phi) is 6.09. The predicted molar refractivity (Wildman–Crippen MR) is 117 cm³/mol. The summed E-state index contributed by atoms with van der Waals surface area (Å²) in [6, 6.07) is 13.6. The van der Waals surface area contributed by atoms with E-state index in [1.165, 1.54) is 4.57 Å². The summed E-state index contributed by atoms with van der Waals surface area (Å²) in [7, 11) is 0. The molecule has 0 radical (unpaired) electrons. The van der Waals surface area contributed by atoms with Crippen LogP contribution in [0.1, 0.15) is 30.3 Å². The molecule has 0 bridgehead atoms. The molecule has 2 N–H and O–H groups in total. The van der Waals surface area contributed by atoms with E-state index in [-0.39, 0.29) is 43.0 Å². The van der Waals surface area contributed by atoms with Gasteiger partial charge in [-0.1, -0.05) is 36.4 Å². The Morgan fingerprint density at radius 2 is 1.94 bits per heavy atom. The summed E-state index contributed by atoms with van der Waals surface area (Å²) >= 11 is 0.